The molecule has 0 aliphatic heterocycles. The summed E-state index contributed by atoms with van der Waals surface area (Å²) < 4.78 is 0. The van der Waals surface area contributed by atoms with Crippen LogP contribution >= 0.6 is 0 Å². The van der Waals surface area contributed by atoms with E-state index in [0.717, 1.165) is 0 Å². The van der Waals surface area contributed by atoms with E-state index in [2.05, 4.69) is 16.7 Å². The highest BCUT2D eigenvalue weighted by molar-refractivity contribution is 5.95. The van der Waals surface area contributed by atoms with Crippen LogP contribution in [0.5, 0.6) is 0 Å². The summed E-state index contributed by atoms with van der Waals surface area (Å²) >= 11 is 0. The summed E-state index contributed by atoms with van der Waals surface area (Å²) in [6, 6.07) is 3.10. The minimum Gasteiger partial charge on any atom is -0.397 e. The van der Waals surface area contributed by atoms with Crippen LogP contribution in [0.25, 0.3) is 0 Å². The molecule has 1 aromatic rings. The molecule has 2 N–H and O–H groups in total. The van der Waals surface area contributed by atoms with Crippen LogP contribution in [-0.2, 0) is 0 Å². The van der Waals surface area contributed by atoms with E-state index >= 15 is 0 Å². The molecule has 4 heteroatoms. The van der Waals surface area contributed by atoms with Crippen LogP contribution in [0.4, 0.5) is 5.69 Å². The topological polar surface area (TPSA) is 68.3 Å². The van der Waals surface area contributed by atoms with Crippen molar-refractivity contribution in [1.29, 1.82) is 0 Å². The normalized spacial score (nSPS) is 9.09. The van der Waals surface area contributed by atoms with Gasteiger partial charge in [-0.05, 0) is 18.9 Å². The van der Waals surface area contributed by atoms with Crippen LogP contribution in [0, 0.1) is 0 Å². The summed E-state index contributed by atoms with van der Waals surface area (Å²) in [6.07, 6.45) is 1.40. The number of hydrogen-bond acceptors (Lipinski definition) is 3. The molecule has 56 valence electrons. The largest absolute Gasteiger partial charge is 0.397 e. The van der Waals surface area contributed by atoms with Crippen molar-refractivity contribution in [2.24, 2.45) is 4.99 Å². The van der Waals surface area contributed by atoms with E-state index in [-0.39, 0.29) is 5.69 Å². The van der Waals surface area contributed by atoms with Gasteiger partial charge in [-0.1, -0.05) is 0 Å². The number of rotatable bonds is 1. The maximum Gasteiger partial charge on any atom is 0.294 e. The number of carbonyl (C=O) groups is 1. The third kappa shape index (κ3) is 1.61. The predicted molar refractivity (Wildman–Crippen MR) is 42.5 cm³/mol. The number of aromatic nitrogens is 1. The predicted octanol–water partition coefficient (Wildman–Crippen LogP) is 0.505. The van der Waals surface area contributed by atoms with Crippen molar-refractivity contribution in [3.05, 3.63) is 24.0 Å². The minimum absolute atomic E-state index is 0.259. The lowest BCUT2D eigenvalue weighted by Gasteiger charge is -1.93. The van der Waals surface area contributed by atoms with Crippen molar-refractivity contribution in [3.8, 4) is 0 Å². The molecular weight excluding hydrogens is 142 g/mol. The third-order valence-electron chi connectivity index (χ3n) is 1.15. The fraction of sp³-hybridized carbons (Fsp3) is 0. The molecule has 0 radical (unpaired) electrons. The van der Waals surface area contributed by atoms with Crippen LogP contribution in [-0.4, -0.2) is 17.6 Å². The molecule has 0 unspecified atom stereocenters. The molecule has 1 rings (SSSR count). The van der Waals surface area contributed by atoms with Gasteiger partial charge in [0.1, 0.15) is 5.69 Å². The smallest absolute Gasteiger partial charge is 0.294 e. The molecule has 0 fully saturated rings. The number of amides is 1. The van der Waals surface area contributed by atoms with E-state index in [4.69, 9.17) is 5.73 Å². The van der Waals surface area contributed by atoms with Gasteiger partial charge >= 0.3 is 0 Å². The highest BCUT2D eigenvalue weighted by Gasteiger charge is 2.01. The average Bonchev–Trinajstić information content (AvgIpc) is 2.05. The summed E-state index contributed by atoms with van der Waals surface area (Å²) in [5.41, 5.74) is 6.13. The molecule has 0 saturated carbocycles. The van der Waals surface area contributed by atoms with Crippen LogP contribution < -0.4 is 5.73 Å². The number of nitrogen functional groups attached to an aromatic ring is 1. The van der Waals surface area contributed by atoms with Crippen molar-refractivity contribution in [3.63, 3.8) is 0 Å². The minimum atomic E-state index is -0.440. The molecule has 0 aliphatic rings. The molecule has 0 aliphatic carbocycles. The molecular formula is C7H7N3O. The van der Waals surface area contributed by atoms with Crippen molar-refractivity contribution in [1.82, 2.24) is 4.98 Å². The first-order chi connectivity index (χ1) is 5.24. The number of nitrogens with two attached hydrogens (primary N) is 1. The number of aliphatic imine (C=N–C) groups is 1. The standard InChI is InChI=1S/C7H7N3O/c1-9-7(11)6-3-2-5(8)4-10-6/h2-4H,1,8H2. The zero-order chi connectivity index (χ0) is 8.27. The van der Waals surface area contributed by atoms with Gasteiger partial charge in [-0.25, -0.2) is 9.98 Å². The molecule has 11 heavy (non-hydrogen) atoms. The first-order valence-electron chi connectivity index (χ1n) is 2.96. The Kier molecular flexibility index (Phi) is 1.96. The molecule has 0 spiro atoms. The Morgan fingerprint density at radius 3 is 2.82 bits per heavy atom. The molecule has 0 aromatic carbocycles. The second kappa shape index (κ2) is 2.92. The fourth-order valence-electron chi connectivity index (χ4n) is 0.613. The van der Waals surface area contributed by atoms with Crippen LogP contribution in [0.3, 0.4) is 0 Å². The van der Waals surface area contributed by atoms with E-state index in [0.29, 0.717) is 5.69 Å². The van der Waals surface area contributed by atoms with Gasteiger partial charge in [0.2, 0.25) is 0 Å². The lowest BCUT2D eigenvalue weighted by atomic mass is 10.3. The van der Waals surface area contributed by atoms with Crippen LogP contribution in [0.1, 0.15) is 10.5 Å². The zero-order valence-corrected chi connectivity index (χ0v) is 5.82. The van der Waals surface area contributed by atoms with Gasteiger partial charge in [0.05, 0.1) is 11.9 Å². The monoisotopic (exact) mass is 149 g/mol. The van der Waals surface area contributed by atoms with E-state index in [1.165, 1.54) is 12.3 Å². The summed E-state index contributed by atoms with van der Waals surface area (Å²) in [4.78, 5) is 17.7. The summed E-state index contributed by atoms with van der Waals surface area (Å²) in [7, 11) is 0. The number of carbonyl (C=O) groups excluding carboxylic acids is 1. The second-order valence-electron chi connectivity index (χ2n) is 1.94. The summed E-state index contributed by atoms with van der Waals surface area (Å²) in [5, 5.41) is 0. The van der Waals surface area contributed by atoms with Crippen molar-refractivity contribution < 1.29 is 4.79 Å². The SMILES string of the molecule is C=NC(=O)c1ccc(N)cn1. The maximum atomic E-state index is 10.8. The molecule has 0 atom stereocenters. The Morgan fingerprint density at radius 1 is 1.64 bits per heavy atom. The first kappa shape index (κ1) is 7.40. The zero-order valence-electron chi connectivity index (χ0n) is 5.82. The molecule has 0 saturated heterocycles. The highest BCUT2D eigenvalue weighted by Crippen LogP contribution is 2.01. The lowest BCUT2D eigenvalue weighted by Crippen LogP contribution is -1.98. The number of nitrogens with zero attached hydrogens (tertiary/aromatic N) is 2. The van der Waals surface area contributed by atoms with Gasteiger partial charge in [-0.2, -0.15) is 0 Å². The lowest BCUT2D eigenvalue weighted by molar-refractivity contribution is 0.0999. The van der Waals surface area contributed by atoms with E-state index in [1.807, 2.05) is 0 Å². The number of anilines is 1. The Morgan fingerprint density at radius 2 is 2.36 bits per heavy atom. The molecule has 1 aromatic heterocycles. The van der Waals surface area contributed by atoms with E-state index < -0.39 is 5.91 Å². The molecule has 1 amide bonds. The molecule has 0 bridgehead atoms. The summed E-state index contributed by atoms with van der Waals surface area (Å²) in [6.45, 7) is 3.09. The van der Waals surface area contributed by atoms with Gasteiger partial charge in [-0.3, -0.25) is 4.79 Å². The van der Waals surface area contributed by atoms with Gasteiger partial charge in [0, 0.05) is 0 Å². The number of pyridine rings is 1. The van der Waals surface area contributed by atoms with E-state index in [9.17, 15) is 4.79 Å². The van der Waals surface area contributed by atoms with Gasteiger partial charge in [0.15, 0.2) is 0 Å². The highest BCUT2D eigenvalue weighted by atomic mass is 16.1. The third-order valence-corrected chi connectivity index (χ3v) is 1.15. The number of hydrogen-bond donors (Lipinski definition) is 1. The fourth-order valence-corrected chi connectivity index (χ4v) is 0.613. The van der Waals surface area contributed by atoms with Gasteiger partial charge in [-0.15, -0.1) is 0 Å². The Bertz CT molecular complexity index is 278. The van der Waals surface area contributed by atoms with Crippen molar-refractivity contribution >= 4 is 18.3 Å². The van der Waals surface area contributed by atoms with Gasteiger partial charge in [0.25, 0.3) is 5.91 Å². The first-order valence-corrected chi connectivity index (χ1v) is 2.96. The maximum absolute atomic E-state index is 10.8. The summed E-state index contributed by atoms with van der Waals surface area (Å²) in [5.74, 6) is -0.440. The van der Waals surface area contributed by atoms with Crippen molar-refractivity contribution in [2.45, 2.75) is 0 Å². The van der Waals surface area contributed by atoms with E-state index in [1.54, 1.807) is 6.07 Å². The molecule has 4 nitrogen and oxygen atoms in total. The van der Waals surface area contributed by atoms with Crippen LogP contribution in [0.15, 0.2) is 23.3 Å². The Labute approximate surface area is 63.8 Å². The average molecular weight is 149 g/mol. The quantitative estimate of drug-likeness (QED) is 0.591. The Hall–Kier alpha value is -1.71. The molecule has 1 heterocycles. The second-order valence-corrected chi connectivity index (χ2v) is 1.94. The Balaban J connectivity index is 2.98. The van der Waals surface area contributed by atoms with Crippen LogP contribution in [0.2, 0.25) is 0 Å². The van der Waals surface area contributed by atoms with Gasteiger partial charge < -0.3 is 5.73 Å². The van der Waals surface area contributed by atoms with Crippen molar-refractivity contribution in [2.75, 3.05) is 5.73 Å².